The van der Waals surface area contributed by atoms with Gasteiger partial charge in [-0.1, -0.05) is 11.6 Å². The van der Waals surface area contributed by atoms with Crippen molar-refractivity contribution < 1.29 is 9.72 Å². The Balaban J connectivity index is 2.25. The van der Waals surface area contributed by atoms with Crippen molar-refractivity contribution in [1.29, 1.82) is 0 Å². The first-order chi connectivity index (χ1) is 9.88. The summed E-state index contributed by atoms with van der Waals surface area (Å²) >= 11 is 12.2. The maximum absolute atomic E-state index is 12.1. The number of rotatable bonds is 3. The fourth-order valence-electron chi connectivity index (χ4n) is 1.57. The van der Waals surface area contributed by atoms with E-state index in [0.717, 1.165) is 0 Å². The molecule has 0 spiro atoms. The smallest absolute Gasteiger partial charge is 0.285 e. The Hall–Kier alpha value is -1.44. The summed E-state index contributed by atoms with van der Waals surface area (Å²) in [6.45, 7) is 0. The van der Waals surface area contributed by atoms with E-state index in [1.807, 2.05) is 0 Å². The van der Waals surface area contributed by atoms with Gasteiger partial charge >= 0.3 is 0 Å². The van der Waals surface area contributed by atoms with Crippen LogP contribution >= 0.6 is 43.5 Å². The Bertz CT molecular complexity index is 737. The lowest BCUT2D eigenvalue weighted by Gasteiger charge is -2.06. The van der Waals surface area contributed by atoms with Crippen LogP contribution in [0.4, 0.5) is 11.4 Å². The summed E-state index contributed by atoms with van der Waals surface area (Å²) in [5.74, 6) is -0.402. The monoisotopic (exact) mass is 432 g/mol. The molecule has 1 N–H and O–H groups in total. The van der Waals surface area contributed by atoms with Gasteiger partial charge in [0.2, 0.25) is 0 Å². The molecule has 0 unspecified atom stereocenters. The number of benzene rings is 2. The zero-order chi connectivity index (χ0) is 15.6. The molecule has 108 valence electrons. The number of hydrogen-bond donors (Lipinski definition) is 1. The summed E-state index contributed by atoms with van der Waals surface area (Å²) in [6.07, 6.45) is 0. The largest absolute Gasteiger partial charge is 0.322 e. The van der Waals surface area contributed by atoms with Gasteiger partial charge < -0.3 is 5.32 Å². The molecular formula is C13H7Br2ClN2O3. The first-order valence-electron chi connectivity index (χ1n) is 5.59. The van der Waals surface area contributed by atoms with Crippen molar-refractivity contribution in [3.63, 3.8) is 0 Å². The van der Waals surface area contributed by atoms with E-state index in [9.17, 15) is 14.9 Å². The van der Waals surface area contributed by atoms with E-state index < -0.39 is 10.8 Å². The summed E-state index contributed by atoms with van der Waals surface area (Å²) < 4.78 is 1.03. The van der Waals surface area contributed by atoms with E-state index in [0.29, 0.717) is 25.2 Å². The van der Waals surface area contributed by atoms with Gasteiger partial charge in [-0.05, 0) is 62.2 Å². The average molecular weight is 434 g/mol. The Morgan fingerprint density at radius 2 is 1.81 bits per heavy atom. The summed E-state index contributed by atoms with van der Waals surface area (Å²) in [5, 5.41) is 13.8. The molecule has 5 nitrogen and oxygen atoms in total. The fourth-order valence-corrected chi connectivity index (χ4v) is 2.39. The number of nitro benzene ring substituents is 1. The van der Waals surface area contributed by atoms with Crippen molar-refractivity contribution in [1.82, 2.24) is 0 Å². The highest BCUT2D eigenvalue weighted by molar-refractivity contribution is 9.11. The molecule has 0 aliphatic carbocycles. The standard InChI is InChI=1S/C13H7Br2ClN2O3/c14-9-3-1-7(5-11(9)16)13(19)17-8-2-4-10(15)12(6-8)18(20)21/h1-6H,(H,17,19). The maximum Gasteiger partial charge on any atom is 0.285 e. The number of halogens is 3. The Kier molecular flexibility index (Phi) is 4.97. The molecular weight excluding hydrogens is 427 g/mol. The molecule has 0 aliphatic heterocycles. The van der Waals surface area contributed by atoms with Gasteiger partial charge in [0.15, 0.2) is 0 Å². The average Bonchev–Trinajstić information content (AvgIpc) is 2.43. The number of nitro groups is 1. The van der Waals surface area contributed by atoms with Gasteiger partial charge in [0.25, 0.3) is 11.6 Å². The molecule has 0 heterocycles. The molecule has 0 aromatic heterocycles. The zero-order valence-electron chi connectivity index (χ0n) is 10.3. The number of carbonyl (C=O) groups excluding carboxylic acids is 1. The van der Waals surface area contributed by atoms with Crippen molar-refractivity contribution in [3.8, 4) is 0 Å². The molecule has 0 saturated carbocycles. The summed E-state index contributed by atoms with van der Waals surface area (Å²) in [4.78, 5) is 22.4. The van der Waals surface area contributed by atoms with Gasteiger partial charge in [-0.15, -0.1) is 0 Å². The maximum atomic E-state index is 12.1. The molecule has 2 rings (SSSR count). The van der Waals surface area contributed by atoms with Crippen molar-refractivity contribution >= 4 is 60.7 Å². The highest BCUT2D eigenvalue weighted by atomic mass is 79.9. The summed E-state index contributed by atoms with van der Waals surface area (Å²) in [7, 11) is 0. The van der Waals surface area contributed by atoms with Gasteiger partial charge in [-0.25, -0.2) is 0 Å². The minimum Gasteiger partial charge on any atom is -0.322 e. The minimum absolute atomic E-state index is 0.123. The first-order valence-corrected chi connectivity index (χ1v) is 7.55. The van der Waals surface area contributed by atoms with Crippen LogP contribution < -0.4 is 5.32 Å². The van der Waals surface area contributed by atoms with Gasteiger partial charge in [-0.3, -0.25) is 14.9 Å². The predicted molar refractivity (Wildman–Crippen MR) is 87.9 cm³/mol. The Morgan fingerprint density at radius 3 is 2.43 bits per heavy atom. The molecule has 0 bridgehead atoms. The third kappa shape index (κ3) is 3.81. The predicted octanol–water partition coefficient (Wildman–Crippen LogP) is 5.03. The van der Waals surface area contributed by atoms with E-state index in [4.69, 9.17) is 11.6 Å². The minimum atomic E-state index is -0.532. The molecule has 2 aromatic rings. The molecule has 21 heavy (non-hydrogen) atoms. The molecule has 1 amide bonds. The number of nitrogens with zero attached hydrogens (tertiary/aromatic N) is 1. The lowest BCUT2D eigenvalue weighted by molar-refractivity contribution is -0.385. The van der Waals surface area contributed by atoms with Crippen LogP contribution in [0.2, 0.25) is 5.02 Å². The van der Waals surface area contributed by atoms with Crippen molar-refractivity contribution in [2.24, 2.45) is 0 Å². The van der Waals surface area contributed by atoms with Crippen molar-refractivity contribution in [2.75, 3.05) is 5.32 Å². The second-order valence-corrected chi connectivity index (χ2v) is 6.12. The van der Waals surface area contributed by atoms with Crippen LogP contribution in [0.1, 0.15) is 10.4 Å². The van der Waals surface area contributed by atoms with Crippen LogP contribution in [0.5, 0.6) is 0 Å². The van der Waals surface area contributed by atoms with Gasteiger partial charge in [0, 0.05) is 21.8 Å². The van der Waals surface area contributed by atoms with Gasteiger partial charge in [-0.2, -0.15) is 0 Å². The van der Waals surface area contributed by atoms with E-state index >= 15 is 0 Å². The van der Waals surface area contributed by atoms with Crippen LogP contribution in [-0.4, -0.2) is 10.8 Å². The summed E-state index contributed by atoms with van der Waals surface area (Å²) in [6, 6.07) is 9.11. The second-order valence-electron chi connectivity index (χ2n) is 4.01. The molecule has 0 fully saturated rings. The Labute approximate surface area is 141 Å². The van der Waals surface area contributed by atoms with E-state index in [1.54, 1.807) is 18.2 Å². The van der Waals surface area contributed by atoms with Crippen molar-refractivity contribution in [3.05, 3.63) is 66.0 Å². The molecule has 2 aromatic carbocycles. The first kappa shape index (κ1) is 15.9. The number of carbonyl (C=O) groups is 1. The highest BCUT2D eigenvalue weighted by Crippen LogP contribution is 2.28. The molecule has 0 aliphatic rings. The van der Waals surface area contributed by atoms with Gasteiger partial charge in [0.05, 0.1) is 14.4 Å². The lowest BCUT2D eigenvalue weighted by Crippen LogP contribution is -2.12. The topological polar surface area (TPSA) is 72.2 Å². The van der Waals surface area contributed by atoms with Crippen LogP contribution in [0.15, 0.2) is 45.3 Å². The molecule has 0 atom stereocenters. The number of hydrogen-bond acceptors (Lipinski definition) is 3. The fraction of sp³-hybridized carbons (Fsp3) is 0. The molecule has 0 saturated heterocycles. The summed E-state index contributed by atoms with van der Waals surface area (Å²) in [5.41, 5.74) is 0.560. The quantitative estimate of drug-likeness (QED) is 0.544. The SMILES string of the molecule is O=C(Nc1ccc(Br)c([N+](=O)[O-])c1)c1ccc(Br)c(Cl)c1. The number of nitrogens with one attached hydrogen (secondary N) is 1. The van der Waals surface area contributed by atoms with E-state index in [-0.39, 0.29) is 5.69 Å². The lowest BCUT2D eigenvalue weighted by atomic mass is 10.2. The second kappa shape index (κ2) is 6.55. The number of anilines is 1. The van der Waals surface area contributed by atoms with E-state index in [2.05, 4.69) is 37.2 Å². The third-order valence-corrected chi connectivity index (χ3v) is 4.49. The van der Waals surface area contributed by atoms with Crippen molar-refractivity contribution in [2.45, 2.75) is 0 Å². The highest BCUT2D eigenvalue weighted by Gasteiger charge is 2.14. The molecule has 8 heteroatoms. The van der Waals surface area contributed by atoms with Crippen LogP contribution in [-0.2, 0) is 0 Å². The van der Waals surface area contributed by atoms with Crippen LogP contribution in [0.3, 0.4) is 0 Å². The van der Waals surface area contributed by atoms with Gasteiger partial charge in [0.1, 0.15) is 0 Å². The molecule has 0 radical (unpaired) electrons. The van der Waals surface area contributed by atoms with Crippen LogP contribution in [0, 0.1) is 10.1 Å². The normalized spacial score (nSPS) is 10.2. The Morgan fingerprint density at radius 1 is 1.14 bits per heavy atom. The third-order valence-electron chi connectivity index (χ3n) is 2.58. The van der Waals surface area contributed by atoms with E-state index in [1.165, 1.54) is 18.2 Å². The number of amides is 1. The zero-order valence-corrected chi connectivity index (χ0v) is 14.2. The van der Waals surface area contributed by atoms with Crippen LogP contribution in [0.25, 0.3) is 0 Å².